The summed E-state index contributed by atoms with van der Waals surface area (Å²) >= 11 is 0. The van der Waals surface area contributed by atoms with Crippen molar-refractivity contribution in [1.29, 1.82) is 0 Å². The highest BCUT2D eigenvalue weighted by Crippen LogP contribution is 2.11. The van der Waals surface area contributed by atoms with Gasteiger partial charge in [0.15, 0.2) is 0 Å². The molecule has 0 amide bonds. The highest BCUT2D eigenvalue weighted by molar-refractivity contribution is 7.89. The van der Waals surface area contributed by atoms with Gasteiger partial charge in [-0.3, -0.25) is 0 Å². The molecule has 6 heteroatoms. The predicted molar refractivity (Wildman–Crippen MR) is 89.8 cm³/mol. The van der Waals surface area contributed by atoms with Gasteiger partial charge in [0.2, 0.25) is 0 Å². The lowest BCUT2D eigenvalue weighted by atomic mass is 10.2. The molecule has 2 aromatic rings. The first kappa shape index (κ1) is 15.8. The first-order valence-corrected chi connectivity index (χ1v) is 8.10. The van der Waals surface area contributed by atoms with Crippen LogP contribution in [0.1, 0.15) is 12.5 Å². The molecule has 0 aromatic heterocycles. The van der Waals surface area contributed by atoms with Crippen molar-refractivity contribution >= 4 is 27.5 Å². The Balaban J connectivity index is 2.06. The number of nitrogen functional groups attached to an aromatic ring is 1. The summed E-state index contributed by atoms with van der Waals surface area (Å²) in [6, 6.07) is 15.6. The zero-order valence-electron chi connectivity index (χ0n) is 12.1. The lowest BCUT2D eigenvalue weighted by Crippen LogP contribution is -2.19. The van der Waals surface area contributed by atoms with E-state index in [2.05, 4.69) is 9.93 Å². The normalized spacial score (nSPS) is 12.5. The molecule has 0 atom stereocenters. The van der Waals surface area contributed by atoms with Gasteiger partial charge >= 0.3 is 0 Å². The van der Waals surface area contributed by atoms with Gasteiger partial charge in [0, 0.05) is 5.69 Å². The van der Waals surface area contributed by atoms with Crippen LogP contribution in [-0.2, 0) is 10.0 Å². The molecule has 22 heavy (non-hydrogen) atoms. The molecule has 0 spiro atoms. The summed E-state index contributed by atoms with van der Waals surface area (Å²) in [5, 5.41) is 3.87. The van der Waals surface area contributed by atoms with Crippen molar-refractivity contribution in [2.75, 3.05) is 5.73 Å². The largest absolute Gasteiger partial charge is 0.399 e. The van der Waals surface area contributed by atoms with E-state index in [4.69, 9.17) is 5.73 Å². The highest BCUT2D eigenvalue weighted by atomic mass is 32.2. The molecule has 0 saturated carbocycles. The average molecular weight is 315 g/mol. The number of hydrogen-bond acceptors (Lipinski definition) is 4. The molecule has 2 rings (SSSR count). The fourth-order valence-corrected chi connectivity index (χ4v) is 2.51. The molecular formula is C16H17N3O2S. The van der Waals surface area contributed by atoms with E-state index in [0.717, 1.165) is 5.56 Å². The van der Waals surface area contributed by atoms with Crippen LogP contribution >= 0.6 is 0 Å². The zero-order chi connectivity index (χ0) is 16.0. The molecule has 114 valence electrons. The lowest BCUT2D eigenvalue weighted by Gasteiger charge is -2.04. The highest BCUT2D eigenvalue weighted by Gasteiger charge is 2.11. The number of hydrogen-bond donors (Lipinski definition) is 2. The first-order valence-electron chi connectivity index (χ1n) is 6.62. The molecule has 0 aliphatic rings. The van der Waals surface area contributed by atoms with Crippen molar-refractivity contribution in [3.05, 3.63) is 66.2 Å². The number of anilines is 1. The van der Waals surface area contributed by atoms with Gasteiger partial charge in [0.05, 0.1) is 10.6 Å². The maximum absolute atomic E-state index is 12.0. The summed E-state index contributed by atoms with van der Waals surface area (Å²) in [4.78, 5) is 2.31. The van der Waals surface area contributed by atoms with Crippen molar-refractivity contribution in [2.45, 2.75) is 11.8 Å². The molecule has 0 heterocycles. The molecule has 0 aliphatic carbocycles. The van der Waals surface area contributed by atoms with Gasteiger partial charge < -0.3 is 5.73 Å². The Kier molecular flexibility index (Phi) is 4.95. The maximum Gasteiger partial charge on any atom is 0.276 e. The van der Waals surface area contributed by atoms with Crippen LogP contribution < -0.4 is 10.6 Å². The van der Waals surface area contributed by atoms with Gasteiger partial charge in [-0.1, -0.05) is 36.4 Å². The van der Waals surface area contributed by atoms with E-state index in [1.54, 1.807) is 13.0 Å². The van der Waals surface area contributed by atoms with Crippen LogP contribution in [0, 0.1) is 0 Å². The number of nitrogens with zero attached hydrogens (tertiary/aromatic N) is 1. The van der Waals surface area contributed by atoms with Crippen molar-refractivity contribution in [2.24, 2.45) is 5.10 Å². The van der Waals surface area contributed by atoms with Crippen molar-refractivity contribution in [3.8, 4) is 0 Å². The van der Waals surface area contributed by atoms with E-state index in [9.17, 15) is 8.42 Å². The van der Waals surface area contributed by atoms with Crippen LogP contribution in [0.25, 0.3) is 6.08 Å². The lowest BCUT2D eigenvalue weighted by molar-refractivity contribution is 0.584. The van der Waals surface area contributed by atoms with Gasteiger partial charge in [0.1, 0.15) is 0 Å². The Morgan fingerprint density at radius 1 is 1.09 bits per heavy atom. The fraction of sp³-hybridized carbons (Fsp3) is 0.0625. The minimum atomic E-state index is -3.68. The van der Waals surface area contributed by atoms with Gasteiger partial charge in [-0.15, -0.1) is 0 Å². The number of hydrazone groups is 1. The van der Waals surface area contributed by atoms with Crippen LogP contribution in [0.5, 0.6) is 0 Å². The summed E-state index contributed by atoms with van der Waals surface area (Å²) in [6.45, 7) is 1.71. The molecule has 0 bridgehead atoms. The number of benzene rings is 2. The Bertz CT molecular complexity index is 780. The second-order valence-corrected chi connectivity index (χ2v) is 6.32. The zero-order valence-corrected chi connectivity index (χ0v) is 12.9. The second-order valence-electron chi connectivity index (χ2n) is 4.66. The minimum absolute atomic E-state index is 0.116. The summed E-state index contributed by atoms with van der Waals surface area (Å²) in [5.74, 6) is 0. The third kappa shape index (κ3) is 4.46. The molecular weight excluding hydrogens is 298 g/mol. The summed E-state index contributed by atoms with van der Waals surface area (Å²) in [5.41, 5.74) is 7.60. The van der Waals surface area contributed by atoms with Gasteiger partial charge in [0.25, 0.3) is 10.0 Å². The smallest absolute Gasteiger partial charge is 0.276 e. The third-order valence-corrected chi connectivity index (χ3v) is 4.07. The quantitative estimate of drug-likeness (QED) is 0.505. The van der Waals surface area contributed by atoms with Crippen molar-refractivity contribution in [1.82, 2.24) is 4.83 Å². The molecule has 0 unspecified atom stereocenters. The average Bonchev–Trinajstić information content (AvgIpc) is 2.52. The maximum atomic E-state index is 12.0. The summed E-state index contributed by atoms with van der Waals surface area (Å²) in [6.07, 6.45) is 3.59. The van der Waals surface area contributed by atoms with Gasteiger partial charge in [-0.05, 0) is 42.8 Å². The van der Waals surface area contributed by atoms with Gasteiger partial charge in [-0.25, -0.2) is 0 Å². The minimum Gasteiger partial charge on any atom is -0.399 e. The Morgan fingerprint density at radius 2 is 1.73 bits per heavy atom. The summed E-state index contributed by atoms with van der Waals surface area (Å²) in [7, 11) is -3.68. The molecule has 2 aromatic carbocycles. The van der Waals surface area contributed by atoms with E-state index in [1.807, 2.05) is 36.4 Å². The molecule has 0 radical (unpaired) electrons. The van der Waals surface area contributed by atoms with Crippen LogP contribution in [0.15, 0.2) is 70.7 Å². The van der Waals surface area contributed by atoms with E-state index in [-0.39, 0.29) is 4.90 Å². The second kappa shape index (κ2) is 6.91. The summed E-state index contributed by atoms with van der Waals surface area (Å²) < 4.78 is 24.1. The Labute approximate surface area is 130 Å². The number of nitrogens with one attached hydrogen (secondary N) is 1. The van der Waals surface area contributed by atoms with Crippen LogP contribution in [0.2, 0.25) is 0 Å². The molecule has 0 saturated heterocycles. The SMILES string of the molecule is CC(/C=C/c1ccccc1)=N\NS(=O)(=O)c1ccc(N)cc1. The number of allylic oxidation sites excluding steroid dienone is 1. The molecule has 3 N–H and O–H groups in total. The number of nitrogens with two attached hydrogens (primary N) is 1. The Hall–Kier alpha value is -2.60. The van der Waals surface area contributed by atoms with Gasteiger partial charge in [-0.2, -0.15) is 18.4 Å². The molecule has 5 nitrogen and oxygen atoms in total. The number of rotatable bonds is 5. The predicted octanol–water partition coefficient (Wildman–Crippen LogP) is 2.64. The van der Waals surface area contributed by atoms with Crippen LogP contribution in [0.3, 0.4) is 0 Å². The van der Waals surface area contributed by atoms with Crippen LogP contribution in [0.4, 0.5) is 5.69 Å². The van der Waals surface area contributed by atoms with Crippen molar-refractivity contribution < 1.29 is 8.42 Å². The fourth-order valence-electron chi connectivity index (χ4n) is 1.65. The Morgan fingerprint density at radius 3 is 2.36 bits per heavy atom. The van der Waals surface area contributed by atoms with E-state index in [0.29, 0.717) is 11.4 Å². The standard InChI is InChI=1S/C16H17N3O2S/c1-13(7-8-14-5-3-2-4-6-14)18-19-22(20,21)16-11-9-15(17)10-12-16/h2-12,19H,17H2,1H3/b8-7+,18-13+. The number of sulfonamides is 1. The van der Waals surface area contributed by atoms with E-state index in [1.165, 1.54) is 24.3 Å². The first-order chi connectivity index (χ1) is 10.5. The van der Waals surface area contributed by atoms with E-state index < -0.39 is 10.0 Å². The van der Waals surface area contributed by atoms with E-state index >= 15 is 0 Å². The van der Waals surface area contributed by atoms with Crippen molar-refractivity contribution in [3.63, 3.8) is 0 Å². The molecule has 0 fully saturated rings. The topological polar surface area (TPSA) is 84.5 Å². The monoisotopic (exact) mass is 315 g/mol. The molecule has 0 aliphatic heterocycles. The van der Waals surface area contributed by atoms with Crippen LogP contribution in [-0.4, -0.2) is 14.1 Å². The third-order valence-electron chi connectivity index (χ3n) is 2.85.